The zero-order chi connectivity index (χ0) is 16.4. The van der Waals surface area contributed by atoms with Gasteiger partial charge in [-0.1, -0.05) is 18.2 Å². The van der Waals surface area contributed by atoms with Crippen LogP contribution in [0.1, 0.15) is 5.56 Å². The van der Waals surface area contributed by atoms with Gasteiger partial charge in [-0.2, -0.15) is 0 Å². The summed E-state index contributed by atoms with van der Waals surface area (Å²) in [6, 6.07) is 15.0. The minimum absolute atomic E-state index is 0.250. The Balaban J connectivity index is 1.79. The highest BCUT2D eigenvalue weighted by Crippen LogP contribution is 2.26. The summed E-state index contributed by atoms with van der Waals surface area (Å²) in [5.74, 6) is 0.800. The molecule has 3 aromatic rings. The van der Waals surface area contributed by atoms with E-state index < -0.39 is 10.0 Å². The second-order valence-electron chi connectivity index (χ2n) is 4.93. The monoisotopic (exact) mass is 411 g/mol. The number of halogens is 1. The van der Waals surface area contributed by atoms with Crippen molar-refractivity contribution in [3.05, 3.63) is 57.9 Å². The van der Waals surface area contributed by atoms with Gasteiger partial charge in [-0.3, -0.25) is 0 Å². The lowest BCUT2D eigenvalue weighted by Gasteiger charge is -2.07. The number of rotatable bonds is 5. The van der Waals surface area contributed by atoms with Crippen molar-refractivity contribution in [1.82, 2.24) is 4.72 Å². The van der Waals surface area contributed by atoms with Crippen LogP contribution in [0.5, 0.6) is 5.75 Å². The summed E-state index contributed by atoms with van der Waals surface area (Å²) in [7, 11) is -1.85. The van der Waals surface area contributed by atoms with E-state index in [4.69, 9.17) is 4.74 Å². The van der Waals surface area contributed by atoms with Crippen molar-refractivity contribution < 1.29 is 13.2 Å². The summed E-state index contributed by atoms with van der Waals surface area (Å²) >= 11 is 4.46. The first-order chi connectivity index (χ1) is 11.0. The van der Waals surface area contributed by atoms with Gasteiger partial charge in [-0.15, -0.1) is 11.3 Å². The van der Waals surface area contributed by atoms with Gasteiger partial charge < -0.3 is 4.74 Å². The van der Waals surface area contributed by atoms with E-state index in [9.17, 15) is 8.42 Å². The molecule has 0 fully saturated rings. The molecule has 2 aromatic carbocycles. The maximum Gasteiger partial charge on any atom is 0.250 e. The maximum atomic E-state index is 12.2. The minimum atomic E-state index is -3.48. The molecule has 120 valence electrons. The van der Waals surface area contributed by atoms with Crippen molar-refractivity contribution in [3.63, 3.8) is 0 Å². The van der Waals surface area contributed by atoms with Crippen molar-refractivity contribution in [1.29, 1.82) is 0 Å². The molecule has 0 aliphatic heterocycles. The number of hydrogen-bond acceptors (Lipinski definition) is 4. The first kappa shape index (κ1) is 16.4. The smallest absolute Gasteiger partial charge is 0.250 e. The first-order valence-electron chi connectivity index (χ1n) is 6.80. The third kappa shape index (κ3) is 3.74. The fourth-order valence-electron chi connectivity index (χ4n) is 2.20. The SMILES string of the molecule is COc1ccc2cc(CNS(=O)(=O)c3ccc(Br)s3)ccc2c1. The average molecular weight is 412 g/mol. The molecule has 7 heteroatoms. The van der Waals surface area contributed by atoms with Gasteiger partial charge in [-0.05, 0) is 62.6 Å². The second kappa shape index (κ2) is 6.60. The second-order valence-corrected chi connectivity index (χ2v) is 9.39. The van der Waals surface area contributed by atoms with Crippen molar-refractivity contribution in [2.24, 2.45) is 0 Å². The first-order valence-corrected chi connectivity index (χ1v) is 9.89. The van der Waals surface area contributed by atoms with E-state index in [2.05, 4.69) is 20.7 Å². The number of benzene rings is 2. The molecule has 0 saturated heterocycles. The van der Waals surface area contributed by atoms with Crippen LogP contribution in [-0.2, 0) is 16.6 Å². The van der Waals surface area contributed by atoms with Crippen molar-refractivity contribution in [3.8, 4) is 5.75 Å². The summed E-state index contributed by atoms with van der Waals surface area (Å²) < 4.78 is 33.4. The van der Waals surface area contributed by atoms with Crippen LogP contribution in [0.15, 0.2) is 56.5 Å². The molecule has 1 aromatic heterocycles. The van der Waals surface area contributed by atoms with E-state index in [1.807, 2.05) is 36.4 Å². The third-order valence-electron chi connectivity index (χ3n) is 3.39. The van der Waals surface area contributed by atoms with Crippen LogP contribution in [0.25, 0.3) is 10.8 Å². The van der Waals surface area contributed by atoms with E-state index in [0.29, 0.717) is 4.21 Å². The quantitative estimate of drug-likeness (QED) is 0.685. The number of nitrogens with one attached hydrogen (secondary N) is 1. The Morgan fingerprint density at radius 1 is 1.09 bits per heavy atom. The number of thiophene rings is 1. The lowest BCUT2D eigenvalue weighted by Crippen LogP contribution is -2.22. The van der Waals surface area contributed by atoms with E-state index in [1.54, 1.807) is 19.2 Å². The predicted molar refractivity (Wildman–Crippen MR) is 96.5 cm³/mol. The largest absolute Gasteiger partial charge is 0.497 e. The number of sulfonamides is 1. The third-order valence-corrected chi connectivity index (χ3v) is 6.91. The highest BCUT2D eigenvalue weighted by atomic mass is 79.9. The Kier molecular flexibility index (Phi) is 4.72. The molecule has 1 heterocycles. The minimum Gasteiger partial charge on any atom is -0.497 e. The highest BCUT2D eigenvalue weighted by molar-refractivity contribution is 9.11. The molecule has 0 spiro atoms. The molecule has 4 nitrogen and oxygen atoms in total. The zero-order valence-electron chi connectivity index (χ0n) is 12.2. The van der Waals surface area contributed by atoms with Crippen LogP contribution in [0.3, 0.4) is 0 Å². The van der Waals surface area contributed by atoms with Crippen LogP contribution in [-0.4, -0.2) is 15.5 Å². The van der Waals surface area contributed by atoms with E-state index in [0.717, 1.165) is 25.9 Å². The molecule has 0 saturated carbocycles. The fourth-order valence-corrected chi connectivity index (χ4v) is 5.27. The van der Waals surface area contributed by atoms with Crippen molar-refractivity contribution in [2.75, 3.05) is 7.11 Å². The van der Waals surface area contributed by atoms with Gasteiger partial charge in [0.1, 0.15) is 9.96 Å². The van der Waals surface area contributed by atoms with Gasteiger partial charge in [0.2, 0.25) is 10.0 Å². The zero-order valence-corrected chi connectivity index (χ0v) is 15.5. The van der Waals surface area contributed by atoms with E-state index in [-0.39, 0.29) is 6.54 Å². The molecule has 0 radical (unpaired) electrons. The van der Waals surface area contributed by atoms with Gasteiger partial charge in [0.15, 0.2) is 0 Å². The fraction of sp³-hybridized carbons (Fsp3) is 0.125. The van der Waals surface area contributed by atoms with Gasteiger partial charge in [-0.25, -0.2) is 13.1 Å². The summed E-state index contributed by atoms with van der Waals surface area (Å²) in [6.45, 7) is 0.250. The molecule has 0 bridgehead atoms. The number of hydrogen-bond donors (Lipinski definition) is 1. The van der Waals surface area contributed by atoms with Crippen LogP contribution in [0.4, 0.5) is 0 Å². The van der Waals surface area contributed by atoms with Crippen LogP contribution < -0.4 is 9.46 Å². The molecule has 0 atom stereocenters. The number of fused-ring (bicyclic) bond motifs is 1. The standard InChI is InChI=1S/C16H14BrNO3S2/c1-21-14-5-4-12-8-11(2-3-13(12)9-14)10-18-23(19,20)16-7-6-15(17)22-16/h2-9,18H,10H2,1H3. The van der Waals surface area contributed by atoms with E-state index in [1.165, 1.54) is 11.3 Å². The predicted octanol–water partition coefficient (Wildman–Crippen LogP) is 4.15. The number of ether oxygens (including phenoxy) is 1. The van der Waals surface area contributed by atoms with Gasteiger partial charge >= 0.3 is 0 Å². The van der Waals surface area contributed by atoms with Crippen LogP contribution in [0, 0.1) is 0 Å². The summed E-state index contributed by atoms with van der Waals surface area (Å²) in [5, 5.41) is 2.10. The van der Waals surface area contributed by atoms with E-state index >= 15 is 0 Å². The van der Waals surface area contributed by atoms with Gasteiger partial charge in [0.25, 0.3) is 0 Å². The lowest BCUT2D eigenvalue weighted by atomic mass is 10.1. The summed E-state index contributed by atoms with van der Waals surface area (Å²) in [4.78, 5) is 0. The summed E-state index contributed by atoms with van der Waals surface area (Å²) in [5.41, 5.74) is 0.905. The number of methoxy groups -OCH3 is 1. The highest BCUT2D eigenvalue weighted by Gasteiger charge is 2.16. The Hall–Kier alpha value is -1.41. The average Bonchev–Trinajstić information content (AvgIpc) is 3.00. The molecular formula is C16H14BrNO3S2. The topological polar surface area (TPSA) is 55.4 Å². The molecule has 0 amide bonds. The van der Waals surface area contributed by atoms with Crippen LogP contribution in [0.2, 0.25) is 0 Å². The Morgan fingerprint density at radius 2 is 1.83 bits per heavy atom. The van der Waals surface area contributed by atoms with Crippen molar-refractivity contribution in [2.45, 2.75) is 10.8 Å². The Bertz CT molecular complexity index is 951. The molecule has 0 unspecified atom stereocenters. The molecule has 1 N–H and O–H groups in total. The van der Waals surface area contributed by atoms with Gasteiger partial charge in [0, 0.05) is 6.54 Å². The molecule has 0 aliphatic rings. The molecule has 3 rings (SSSR count). The maximum absolute atomic E-state index is 12.2. The molecular weight excluding hydrogens is 398 g/mol. The Morgan fingerprint density at radius 3 is 2.52 bits per heavy atom. The van der Waals surface area contributed by atoms with Gasteiger partial charge in [0.05, 0.1) is 10.9 Å². The lowest BCUT2D eigenvalue weighted by molar-refractivity contribution is 0.415. The molecule has 23 heavy (non-hydrogen) atoms. The molecule has 0 aliphatic carbocycles. The van der Waals surface area contributed by atoms with Crippen LogP contribution >= 0.6 is 27.3 Å². The van der Waals surface area contributed by atoms with Crippen molar-refractivity contribution >= 4 is 48.1 Å². The Labute approximate surface area is 147 Å². The normalized spacial score (nSPS) is 11.7. The summed E-state index contributed by atoms with van der Waals surface area (Å²) in [6.07, 6.45) is 0.